The third-order valence-electron chi connectivity index (χ3n) is 8.15. The second-order valence-corrected chi connectivity index (χ2v) is 10.0. The van der Waals surface area contributed by atoms with Crippen LogP contribution in [0.1, 0.15) is 48.9 Å². The minimum Gasteiger partial charge on any atom is -0.256 e. The number of pyridine rings is 1. The van der Waals surface area contributed by atoms with Gasteiger partial charge >= 0.3 is 0 Å². The van der Waals surface area contributed by atoms with Crippen molar-refractivity contribution in [2.45, 2.75) is 46.0 Å². The molecule has 1 aliphatic carbocycles. The third-order valence-corrected chi connectivity index (χ3v) is 8.15. The Balaban J connectivity index is 1.59. The number of fused-ring (bicyclic) bond motifs is 5. The molecule has 1 aliphatic rings. The second kappa shape index (κ2) is 8.20. The molecule has 0 saturated heterocycles. The molecular weight excluding hydrogens is 422 g/mol. The normalized spacial score (nSPS) is 13.6. The summed E-state index contributed by atoms with van der Waals surface area (Å²) in [6.07, 6.45) is 4.06. The summed E-state index contributed by atoms with van der Waals surface area (Å²) in [6.45, 7) is 9.15. The molecule has 0 fully saturated rings. The zero-order valence-electron chi connectivity index (χ0n) is 21.0. The van der Waals surface area contributed by atoms with Gasteiger partial charge in [0.2, 0.25) is 0 Å². The molecule has 1 nitrogen and oxygen atoms in total. The molecule has 0 unspecified atom stereocenters. The number of hydrogen-bond donors (Lipinski definition) is 0. The van der Waals surface area contributed by atoms with E-state index in [0.29, 0.717) is 0 Å². The molecule has 0 aliphatic heterocycles. The van der Waals surface area contributed by atoms with E-state index in [4.69, 9.17) is 0 Å². The number of rotatable bonds is 4. The monoisotopic (exact) mass is 453 g/mol. The van der Waals surface area contributed by atoms with Gasteiger partial charge in [-0.1, -0.05) is 68.4 Å². The zero-order valence-corrected chi connectivity index (χ0v) is 21.0. The first-order valence-electron chi connectivity index (χ1n) is 12.8. The summed E-state index contributed by atoms with van der Waals surface area (Å²) in [5.41, 5.74) is 13.2. The van der Waals surface area contributed by atoms with Crippen LogP contribution in [-0.4, -0.2) is 4.98 Å². The lowest BCUT2D eigenvalue weighted by Gasteiger charge is -2.30. The van der Waals surface area contributed by atoms with E-state index in [1.807, 2.05) is 12.3 Å². The Hall–Kier alpha value is -3.71. The van der Waals surface area contributed by atoms with Crippen LogP contribution in [-0.2, 0) is 5.41 Å². The van der Waals surface area contributed by atoms with E-state index in [9.17, 15) is 0 Å². The summed E-state index contributed by atoms with van der Waals surface area (Å²) in [4.78, 5) is 4.60. The summed E-state index contributed by atoms with van der Waals surface area (Å²) in [7, 11) is 0. The summed E-state index contributed by atoms with van der Waals surface area (Å²) in [5, 5.41) is 2.75. The molecule has 0 spiro atoms. The molecule has 5 aromatic rings. The van der Waals surface area contributed by atoms with Gasteiger partial charge in [0.05, 0.1) is 5.69 Å². The molecule has 0 amide bonds. The van der Waals surface area contributed by atoms with E-state index in [0.717, 1.165) is 18.5 Å². The SMILES string of the molecule is CCC1(CC)c2cc(-c3cc(C)cc(-c4ccccn4)c3)ccc2-c2c1cc(C)c1ccccc21. The molecule has 0 saturated carbocycles. The quantitative estimate of drug-likeness (QED) is 0.264. The van der Waals surface area contributed by atoms with Gasteiger partial charge in [-0.15, -0.1) is 0 Å². The van der Waals surface area contributed by atoms with Crippen LogP contribution < -0.4 is 0 Å². The zero-order chi connectivity index (χ0) is 24.2. The molecule has 0 bridgehead atoms. The number of nitrogens with zero attached hydrogens (tertiary/aromatic N) is 1. The van der Waals surface area contributed by atoms with Crippen molar-refractivity contribution in [1.82, 2.24) is 4.98 Å². The first-order valence-corrected chi connectivity index (χ1v) is 12.8. The molecule has 0 atom stereocenters. The maximum absolute atomic E-state index is 4.60. The molecule has 1 heteroatoms. The van der Waals surface area contributed by atoms with Crippen LogP contribution in [0.3, 0.4) is 0 Å². The lowest BCUT2D eigenvalue weighted by atomic mass is 9.73. The number of aryl methyl sites for hydroxylation is 2. The standard InChI is InChI=1S/C34H31N/c1-5-34(6-2)30-21-24(25-17-22(3)18-26(20-25)32-13-9-10-16-35-32)14-15-29(30)33-28-12-8-7-11-27(28)23(4)19-31(33)34/h7-21H,5-6H2,1-4H3. The lowest BCUT2D eigenvalue weighted by Crippen LogP contribution is -2.23. The molecule has 6 rings (SSSR count). The second-order valence-electron chi connectivity index (χ2n) is 10.0. The maximum atomic E-state index is 4.60. The molecular formula is C34H31N. The van der Waals surface area contributed by atoms with Crippen molar-refractivity contribution >= 4 is 10.8 Å². The van der Waals surface area contributed by atoms with Crippen LogP contribution in [0.15, 0.2) is 91.1 Å². The Morgan fingerprint density at radius 1 is 0.657 bits per heavy atom. The Bertz CT molecular complexity index is 1570. The highest BCUT2D eigenvalue weighted by Crippen LogP contribution is 2.56. The largest absolute Gasteiger partial charge is 0.256 e. The van der Waals surface area contributed by atoms with Crippen molar-refractivity contribution in [1.29, 1.82) is 0 Å². The van der Waals surface area contributed by atoms with Crippen molar-refractivity contribution in [3.05, 3.63) is 113 Å². The maximum Gasteiger partial charge on any atom is 0.0702 e. The number of benzene rings is 4. The van der Waals surface area contributed by atoms with Gasteiger partial charge < -0.3 is 0 Å². The van der Waals surface area contributed by atoms with Gasteiger partial charge in [-0.3, -0.25) is 4.98 Å². The van der Waals surface area contributed by atoms with Gasteiger partial charge in [0.1, 0.15) is 0 Å². The van der Waals surface area contributed by atoms with Crippen LogP contribution in [0, 0.1) is 13.8 Å². The highest BCUT2D eigenvalue weighted by molar-refractivity contribution is 6.04. The van der Waals surface area contributed by atoms with E-state index < -0.39 is 0 Å². The van der Waals surface area contributed by atoms with Crippen LogP contribution >= 0.6 is 0 Å². The average molecular weight is 454 g/mol. The summed E-state index contributed by atoms with van der Waals surface area (Å²) < 4.78 is 0. The van der Waals surface area contributed by atoms with Crippen LogP contribution in [0.2, 0.25) is 0 Å². The Kier molecular flexibility index (Phi) is 5.11. The van der Waals surface area contributed by atoms with Crippen LogP contribution in [0.5, 0.6) is 0 Å². The Morgan fingerprint density at radius 3 is 2.14 bits per heavy atom. The van der Waals surface area contributed by atoms with E-state index in [1.165, 1.54) is 60.8 Å². The summed E-state index contributed by atoms with van der Waals surface area (Å²) in [5.74, 6) is 0. The first kappa shape index (κ1) is 21.8. The number of hydrogen-bond acceptors (Lipinski definition) is 1. The van der Waals surface area contributed by atoms with E-state index >= 15 is 0 Å². The molecule has 172 valence electrons. The molecule has 1 aromatic heterocycles. The third kappa shape index (κ3) is 3.26. The van der Waals surface area contributed by atoms with E-state index in [-0.39, 0.29) is 5.41 Å². The van der Waals surface area contributed by atoms with E-state index in [1.54, 1.807) is 0 Å². The highest BCUT2D eigenvalue weighted by Gasteiger charge is 2.41. The Labute approximate surface area is 208 Å². The van der Waals surface area contributed by atoms with Gasteiger partial charge in [-0.05, 0) is 112 Å². The van der Waals surface area contributed by atoms with Gasteiger partial charge in [0.25, 0.3) is 0 Å². The van der Waals surface area contributed by atoms with Crippen LogP contribution in [0.4, 0.5) is 0 Å². The smallest absolute Gasteiger partial charge is 0.0702 e. The highest BCUT2D eigenvalue weighted by atomic mass is 14.7. The van der Waals surface area contributed by atoms with E-state index in [2.05, 4.69) is 112 Å². The van der Waals surface area contributed by atoms with Crippen molar-refractivity contribution in [2.75, 3.05) is 0 Å². The fraction of sp³-hybridized carbons (Fsp3) is 0.206. The number of aromatic nitrogens is 1. The summed E-state index contributed by atoms with van der Waals surface area (Å²) in [6, 6.07) is 31.5. The molecule has 1 heterocycles. The molecule has 0 radical (unpaired) electrons. The minimum atomic E-state index is 0.0448. The molecule has 35 heavy (non-hydrogen) atoms. The topological polar surface area (TPSA) is 12.9 Å². The summed E-state index contributed by atoms with van der Waals surface area (Å²) >= 11 is 0. The van der Waals surface area contributed by atoms with Gasteiger partial charge in [-0.25, -0.2) is 0 Å². The average Bonchev–Trinajstić information content (AvgIpc) is 3.18. The van der Waals surface area contributed by atoms with Crippen molar-refractivity contribution in [3.8, 4) is 33.5 Å². The first-order chi connectivity index (χ1) is 17.1. The predicted octanol–water partition coefficient (Wildman–Crippen LogP) is 9.27. The fourth-order valence-corrected chi connectivity index (χ4v) is 6.35. The van der Waals surface area contributed by atoms with Crippen molar-refractivity contribution in [2.24, 2.45) is 0 Å². The predicted molar refractivity (Wildman–Crippen MR) is 149 cm³/mol. The lowest BCUT2D eigenvalue weighted by molar-refractivity contribution is 0.490. The molecule has 4 aromatic carbocycles. The molecule has 0 N–H and O–H groups in total. The van der Waals surface area contributed by atoms with Crippen molar-refractivity contribution in [3.63, 3.8) is 0 Å². The van der Waals surface area contributed by atoms with Crippen LogP contribution in [0.25, 0.3) is 44.3 Å². The fourth-order valence-electron chi connectivity index (χ4n) is 6.35. The Morgan fingerprint density at radius 2 is 1.40 bits per heavy atom. The van der Waals surface area contributed by atoms with Gasteiger partial charge in [0, 0.05) is 17.2 Å². The van der Waals surface area contributed by atoms with Gasteiger partial charge in [-0.2, -0.15) is 0 Å². The van der Waals surface area contributed by atoms with Crippen molar-refractivity contribution < 1.29 is 0 Å². The minimum absolute atomic E-state index is 0.0448. The van der Waals surface area contributed by atoms with Gasteiger partial charge in [0.15, 0.2) is 0 Å².